The maximum Gasteiger partial charge on any atom is 0.164 e. The summed E-state index contributed by atoms with van der Waals surface area (Å²) in [5.41, 5.74) is 10.6. The first-order valence-electron chi connectivity index (χ1n) is 14.9. The standard InChI is InChI=1S/C40H30N3P/c1-40(2)34-16-10-9-15-31(34)35-32(23-29-21-22-30(44)24-33(29)36(35)40)25-17-19-28(20-18-25)39-42-37(26-11-5-3-6-12-26)41-38(43-39)27-13-7-4-8-14-27/h3-24H,44H2,1-2H3. The highest BCUT2D eigenvalue weighted by molar-refractivity contribution is 7.27. The lowest BCUT2D eigenvalue weighted by molar-refractivity contribution is 0.666. The highest BCUT2D eigenvalue weighted by Gasteiger charge is 2.38. The Hall–Kier alpha value is -4.98. The number of hydrogen-bond acceptors (Lipinski definition) is 3. The molecule has 3 nitrogen and oxygen atoms in total. The Labute approximate surface area is 259 Å². The summed E-state index contributed by atoms with van der Waals surface area (Å²) in [7, 11) is 2.87. The van der Waals surface area contributed by atoms with Gasteiger partial charge in [0.2, 0.25) is 0 Å². The number of benzene rings is 6. The summed E-state index contributed by atoms with van der Waals surface area (Å²) in [4.78, 5) is 14.7. The Morgan fingerprint density at radius 2 is 1.02 bits per heavy atom. The van der Waals surface area contributed by atoms with Gasteiger partial charge in [-0.15, -0.1) is 9.24 Å². The third-order valence-electron chi connectivity index (χ3n) is 8.81. The molecule has 1 aliphatic rings. The molecule has 0 aliphatic heterocycles. The van der Waals surface area contributed by atoms with Crippen LogP contribution in [-0.4, -0.2) is 15.0 Å². The van der Waals surface area contributed by atoms with Gasteiger partial charge in [-0.25, -0.2) is 15.0 Å². The van der Waals surface area contributed by atoms with Gasteiger partial charge in [0, 0.05) is 22.1 Å². The largest absolute Gasteiger partial charge is 0.208 e. The first-order valence-corrected chi connectivity index (χ1v) is 15.5. The molecule has 0 bridgehead atoms. The van der Waals surface area contributed by atoms with Crippen molar-refractivity contribution in [3.05, 3.63) is 145 Å². The molecular formula is C40H30N3P. The van der Waals surface area contributed by atoms with Crippen LogP contribution in [0.25, 0.3) is 67.2 Å². The van der Waals surface area contributed by atoms with Gasteiger partial charge in [-0.3, -0.25) is 0 Å². The number of rotatable bonds is 4. The maximum absolute atomic E-state index is 4.93. The van der Waals surface area contributed by atoms with E-state index in [0.29, 0.717) is 17.5 Å². The SMILES string of the molecule is CC1(C)c2ccccc2-c2c(-c3ccc(-c4nc(-c5ccccc5)nc(-c5ccccc5)n4)cc3)cc3ccc(P)cc3c21. The van der Waals surface area contributed by atoms with E-state index in [9.17, 15) is 0 Å². The molecule has 8 rings (SSSR count). The smallest absolute Gasteiger partial charge is 0.164 e. The predicted molar refractivity (Wildman–Crippen MR) is 186 cm³/mol. The van der Waals surface area contributed by atoms with Crippen molar-refractivity contribution in [1.82, 2.24) is 15.0 Å². The van der Waals surface area contributed by atoms with E-state index in [2.05, 4.69) is 95.9 Å². The van der Waals surface area contributed by atoms with Crippen molar-refractivity contribution < 1.29 is 0 Å². The molecular weight excluding hydrogens is 553 g/mol. The zero-order valence-corrected chi connectivity index (χ0v) is 25.8. The van der Waals surface area contributed by atoms with E-state index in [0.717, 1.165) is 16.7 Å². The van der Waals surface area contributed by atoms with E-state index >= 15 is 0 Å². The molecule has 1 aromatic heterocycles. The molecule has 210 valence electrons. The van der Waals surface area contributed by atoms with E-state index in [1.807, 2.05) is 60.7 Å². The molecule has 4 heteroatoms. The van der Waals surface area contributed by atoms with Crippen molar-refractivity contribution >= 4 is 25.3 Å². The molecule has 6 aromatic carbocycles. The molecule has 0 saturated heterocycles. The Bertz CT molecular complexity index is 2130. The molecule has 7 aromatic rings. The van der Waals surface area contributed by atoms with Gasteiger partial charge in [0.15, 0.2) is 17.5 Å². The molecule has 1 aliphatic carbocycles. The molecule has 1 unspecified atom stereocenters. The summed E-state index contributed by atoms with van der Waals surface area (Å²) < 4.78 is 0. The van der Waals surface area contributed by atoms with Gasteiger partial charge >= 0.3 is 0 Å². The molecule has 0 fully saturated rings. The normalized spacial score (nSPS) is 13.1. The summed E-state index contributed by atoms with van der Waals surface area (Å²) in [6.45, 7) is 4.71. The third-order valence-corrected chi connectivity index (χ3v) is 9.17. The van der Waals surface area contributed by atoms with Crippen LogP contribution in [-0.2, 0) is 5.41 Å². The zero-order valence-electron chi connectivity index (χ0n) is 24.6. The zero-order chi connectivity index (χ0) is 29.8. The highest BCUT2D eigenvalue weighted by atomic mass is 31.0. The number of aromatic nitrogens is 3. The Morgan fingerprint density at radius 3 is 1.64 bits per heavy atom. The first-order chi connectivity index (χ1) is 21.5. The fourth-order valence-corrected chi connectivity index (χ4v) is 6.95. The molecule has 1 atom stereocenters. The minimum absolute atomic E-state index is 0.106. The summed E-state index contributed by atoms with van der Waals surface area (Å²) in [6.07, 6.45) is 0. The highest BCUT2D eigenvalue weighted by Crippen LogP contribution is 2.54. The molecule has 0 spiro atoms. The van der Waals surface area contributed by atoms with E-state index in [4.69, 9.17) is 15.0 Å². The number of fused-ring (bicyclic) bond motifs is 5. The maximum atomic E-state index is 4.93. The molecule has 0 saturated carbocycles. The lowest BCUT2D eigenvalue weighted by Gasteiger charge is -2.24. The lowest BCUT2D eigenvalue weighted by atomic mass is 9.79. The van der Waals surface area contributed by atoms with Crippen LogP contribution in [0.2, 0.25) is 0 Å². The summed E-state index contributed by atoms with van der Waals surface area (Å²) in [5.74, 6) is 1.99. The van der Waals surface area contributed by atoms with E-state index in [-0.39, 0.29) is 5.41 Å². The average Bonchev–Trinajstić information content (AvgIpc) is 3.32. The second-order valence-corrected chi connectivity index (χ2v) is 12.6. The van der Waals surface area contributed by atoms with E-state index in [1.54, 1.807) is 0 Å². The van der Waals surface area contributed by atoms with Crippen molar-refractivity contribution in [3.8, 4) is 56.4 Å². The lowest BCUT2D eigenvalue weighted by Crippen LogP contribution is -2.16. The van der Waals surface area contributed by atoms with Crippen LogP contribution in [0.4, 0.5) is 0 Å². The van der Waals surface area contributed by atoms with Crippen LogP contribution in [0.1, 0.15) is 25.0 Å². The fourth-order valence-electron chi connectivity index (χ4n) is 6.69. The van der Waals surface area contributed by atoms with Crippen molar-refractivity contribution in [3.63, 3.8) is 0 Å². The fraction of sp³-hybridized carbons (Fsp3) is 0.0750. The molecule has 1 heterocycles. The Kier molecular flexibility index (Phi) is 6.25. The van der Waals surface area contributed by atoms with Gasteiger partial charge in [-0.1, -0.05) is 135 Å². The number of hydrogen-bond donors (Lipinski definition) is 0. The monoisotopic (exact) mass is 583 g/mol. The number of nitrogens with zero attached hydrogens (tertiary/aromatic N) is 3. The second-order valence-electron chi connectivity index (χ2n) is 11.9. The van der Waals surface area contributed by atoms with E-state index in [1.165, 1.54) is 49.5 Å². The van der Waals surface area contributed by atoms with Crippen LogP contribution in [0, 0.1) is 0 Å². The topological polar surface area (TPSA) is 38.7 Å². The first kappa shape index (κ1) is 26.6. The minimum atomic E-state index is -0.106. The van der Waals surface area contributed by atoms with Gasteiger partial charge in [-0.05, 0) is 61.6 Å². The summed E-state index contributed by atoms with van der Waals surface area (Å²) in [5, 5.41) is 3.78. The van der Waals surface area contributed by atoms with Crippen LogP contribution in [0.5, 0.6) is 0 Å². The third kappa shape index (κ3) is 4.35. The Balaban J connectivity index is 1.29. The van der Waals surface area contributed by atoms with Crippen molar-refractivity contribution in [1.29, 1.82) is 0 Å². The van der Waals surface area contributed by atoms with E-state index < -0.39 is 0 Å². The van der Waals surface area contributed by atoms with Crippen LogP contribution < -0.4 is 5.30 Å². The van der Waals surface area contributed by atoms with Gasteiger partial charge < -0.3 is 0 Å². The average molecular weight is 584 g/mol. The minimum Gasteiger partial charge on any atom is -0.208 e. The van der Waals surface area contributed by atoms with Crippen molar-refractivity contribution in [2.24, 2.45) is 0 Å². The molecule has 0 amide bonds. The van der Waals surface area contributed by atoms with Crippen LogP contribution >= 0.6 is 9.24 Å². The van der Waals surface area contributed by atoms with Crippen LogP contribution in [0.15, 0.2) is 133 Å². The molecule has 44 heavy (non-hydrogen) atoms. The van der Waals surface area contributed by atoms with Gasteiger partial charge in [0.1, 0.15) is 0 Å². The second kappa shape index (κ2) is 10.3. The van der Waals surface area contributed by atoms with Crippen molar-refractivity contribution in [2.45, 2.75) is 19.3 Å². The van der Waals surface area contributed by atoms with Gasteiger partial charge in [-0.2, -0.15) is 0 Å². The molecule has 0 N–H and O–H groups in total. The Morgan fingerprint density at radius 1 is 0.500 bits per heavy atom. The van der Waals surface area contributed by atoms with Crippen LogP contribution in [0.3, 0.4) is 0 Å². The van der Waals surface area contributed by atoms with Gasteiger partial charge in [0.25, 0.3) is 0 Å². The summed E-state index contributed by atoms with van der Waals surface area (Å²) >= 11 is 0. The van der Waals surface area contributed by atoms with Crippen molar-refractivity contribution in [2.75, 3.05) is 0 Å². The quantitative estimate of drug-likeness (QED) is 0.194. The molecule has 0 radical (unpaired) electrons. The predicted octanol–water partition coefficient (Wildman–Crippen LogP) is 9.50. The van der Waals surface area contributed by atoms with Gasteiger partial charge in [0.05, 0.1) is 0 Å². The summed E-state index contributed by atoms with van der Waals surface area (Å²) in [6, 6.07) is 46.9.